The minimum absolute atomic E-state index is 0.257. The molecule has 2 nitrogen and oxygen atoms in total. The molecule has 13 heavy (non-hydrogen) atoms. The molecule has 1 rings (SSSR count). The lowest BCUT2D eigenvalue weighted by molar-refractivity contribution is 0.471. The fraction of sp³-hybridized carbons (Fsp3) is 0.300. The maximum atomic E-state index is 11.0. The van der Waals surface area contributed by atoms with Crippen LogP contribution in [-0.4, -0.2) is 5.11 Å². The number of hydrogen-bond donors (Lipinski definition) is 1. The largest absolute Gasteiger partial charge is 0.504 e. The molecule has 70 valence electrons. The van der Waals surface area contributed by atoms with E-state index < -0.39 is 10.3 Å². The molecule has 0 atom stereocenters. The molecule has 0 aliphatic carbocycles. The molecule has 1 N–H and O–H groups in total. The first-order valence-electron chi connectivity index (χ1n) is 3.94. The molecular formula is C10H11ClO2. The summed E-state index contributed by atoms with van der Waals surface area (Å²) in [5.41, 5.74) is 0.402. The van der Waals surface area contributed by atoms with E-state index in [1.54, 1.807) is 12.1 Å². The van der Waals surface area contributed by atoms with Crippen LogP contribution in [0.5, 0.6) is 5.75 Å². The van der Waals surface area contributed by atoms with Gasteiger partial charge in [-0.15, -0.1) is 11.6 Å². The van der Waals surface area contributed by atoms with E-state index >= 15 is 0 Å². The monoisotopic (exact) mass is 198 g/mol. The number of rotatable bonds is 1. The van der Waals surface area contributed by atoms with Crippen molar-refractivity contribution in [3.8, 4) is 5.75 Å². The van der Waals surface area contributed by atoms with Crippen LogP contribution in [0.25, 0.3) is 0 Å². The molecule has 0 unspecified atom stereocenters. The Labute approximate surface area is 81.8 Å². The summed E-state index contributed by atoms with van der Waals surface area (Å²) in [6.45, 7) is 3.65. The van der Waals surface area contributed by atoms with Crippen molar-refractivity contribution in [3.63, 3.8) is 0 Å². The Hall–Kier alpha value is -1.02. The van der Waals surface area contributed by atoms with Crippen LogP contribution in [0.1, 0.15) is 19.4 Å². The second-order valence-corrected chi connectivity index (χ2v) is 4.29. The highest BCUT2D eigenvalue weighted by atomic mass is 35.5. The maximum Gasteiger partial charge on any atom is 0.220 e. The Morgan fingerprint density at radius 1 is 1.23 bits per heavy atom. The maximum absolute atomic E-state index is 11.0. The average Bonchev–Trinajstić information content (AvgIpc) is 2.14. The predicted octanol–water partition coefficient (Wildman–Crippen LogP) is 2.23. The van der Waals surface area contributed by atoms with Crippen molar-refractivity contribution in [2.24, 2.45) is 0 Å². The summed E-state index contributed by atoms with van der Waals surface area (Å²) in [6.07, 6.45) is 0. The molecule has 1 aromatic carbocycles. The van der Waals surface area contributed by atoms with Gasteiger partial charge in [0.15, 0.2) is 5.75 Å². The molecule has 0 heterocycles. The minimum Gasteiger partial charge on any atom is -0.504 e. The Kier molecular flexibility index (Phi) is 2.62. The van der Waals surface area contributed by atoms with Crippen LogP contribution in [0.3, 0.4) is 0 Å². The van der Waals surface area contributed by atoms with E-state index in [0.717, 1.165) is 5.56 Å². The van der Waals surface area contributed by atoms with Gasteiger partial charge in [-0.05, 0) is 31.5 Å². The van der Waals surface area contributed by atoms with Gasteiger partial charge >= 0.3 is 0 Å². The summed E-state index contributed by atoms with van der Waals surface area (Å²) in [4.78, 5) is 10.5. The molecular weight excluding hydrogens is 188 g/mol. The second-order valence-electron chi connectivity index (χ2n) is 3.34. The zero-order valence-electron chi connectivity index (χ0n) is 7.54. The van der Waals surface area contributed by atoms with Gasteiger partial charge in [0.05, 0.1) is 4.87 Å². The molecule has 0 saturated heterocycles. The van der Waals surface area contributed by atoms with Crippen molar-refractivity contribution in [1.29, 1.82) is 0 Å². The molecule has 0 radical (unpaired) electrons. The molecule has 0 amide bonds. The molecule has 1 aromatic rings. The molecule has 0 spiro atoms. The molecule has 0 fully saturated rings. The van der Waals surface area contributed by atoms with Crippen LogP contribution in [0.2, 0.25) is 0 Å². The third-order valence-corrected chi connectivity index (χ3v) is 1.99. The third kappa shape index (κ3) is 2.46. The van der Waals surface area contributed by atoms with Crippen LogP contribution in [-0.2, 0) is 4.87 Å². The zero-order chi connectivity index (χ0) is 10.1. The first-order valence-corrected chi connectivity index (χ1v) is 4.32. The number of alkyl halides is 1. The summed E-state index contributed by atoms with van der Waals surface area (Å²) in [7, 11) is 0. The Bertz CT molecular complexity index is 366. The van der Waals surface area contributed by atoms with Gasteiger partial charge in [0.2, 0.25) is 5.43 Å². The SMILES string of the molecule is CC(C)(Cl)c1ccc(O)c(=O)cc1. The van der Waals surface area contributed by atoms with E-state index in [4.69, 9.17) is 16.7 Å². The lowest BCUT2D eigenvalue weighted by atomic mass is 10.1. The van der Waals surface area contributed by atoms with E-state index in [2.05, 4.69) is 0 Å². The van der Waals surface area contributed by atoms with Crippen LogP contribution in [0, 0.1) is 0 Å². The van der Waals surface area contributed by atoms with E-state index in [0.29, 0.717) is 0 Å². The topological polar surface area (TPSA) is 37.3 Å². The lowest BCUT2D eigenvalue weighted by Gasteiger charge is -2.13. The lowest BCUT2D eigenvalue weighted by Crippen LogP contribution is -2.05. The smallest absolute Gasteiger partial charge is 0.220 e. The van der Waals surface area contributed by atoms with Gasteiger partial charge in [0.25, 0.3) is 0 Å². The summed E-state index contributed by atoms with van der Waals surface area (Å²) >= 11 is 6.04. The van der Waals surface area contributed by atoms with Crippen molar-refractivity contribution in [2.45, 2.75) is 18.7 Å². The standard InChI is InChI=1S/C10H11ClO2/c1-10(2,11)7-3-5-8(12)9(13)6-4-7/h3-6H,1-2H3,(H,12,13). The molecule has 0 saturated carbocycles. The van der Waals surface area contributed by atoms with E-state index in [1.807, 2.05) is 13.8 Å². The quantitative estimate of drug-likeness (QED) is 0.703. The van der Waals surface area contributed by atoms with Crippen molar-refractivity contribution < 1.29 is 5.11 Å². The van der Waals surface area contributed by atoms with Gasteiger partial charge in [-0.1, -0.05) is 12.1 Å². The van der Waals surface area contributed by atoms with Crippen molar-refractivity contribution in [2.75, 3.05) is 0 Å². The third-order valence-electron chi connectivity index (χ3n) is 1.77. The van der Waals surface area contributed by atoms with Crippen LogP contribution in [0.4, 0.5) is 0 Å². The highest BCUT2D eigenvalue weighted by Gasteiger charge is 2.15. The van der Waals surface area contributed by atoms with Gasteiger partial charge in [0.1, 0.15) is 0 Å². The molecule has 0 bridgehead atoms. The van der Waals surface area contributed by atoms with Crippen molar-refractivity contribution in [1.82, 2.24) is 0 Å². The van der Waals surface area contributed by atoms with Crippen LogP contribution < -0.4 is 5.43 Å². The number of aromatic hydroxyl groups is 1. The van der Waals surface area contributed by atoms with E-state index in [9.17, 15) is 4.79 Å². The zero-order valence-corrected chi connectivity index (χ0v) is 8.30. The highest BCUT2D eigenvalue weighted by molar-refractivity contribution is 6.23. The number of halogens is 1. The Morgan fingerprint density at radius 2 is 1.77 bits per heavy atom. The molecule has 0 aliphatic rings. The number of hydrogen-bond acceptors (Lipinski definition) is 2. The van der Waals surface area contributed by atoms with E-state index in [-0.39, 0.29) is 5.75 Å². The predicted molar refractivity (Wildman–Crippen MR) is 53.3 cm³/mol. The Balaban J connectivity index is 3.33. The first kappa shape index (κ1) is 10.1. The summed E-state index contributed by atoms with van der Waals surface area (Å²) in [5, 5.41) is 9.11. The van der Waals surface area contributed by atoms with Gasteiger partial charge in [-0.25, -0.2) is 0 Å². The van der Waals surface area contributed by atoms with Gasteiger partial charge in [0, 0.05) is 0 Å². The second kappa shape index (κ2) is 3.38. The normalized spacial score (nSPS) is 11.3. The van der Waals surface area contributed by atoms with Gasteiger partial charge in [-0.2, -0.15) is 0 Å². The van der Waals surface area contributed by atoms with Crippen molar-refractivity contribution in [3.05, 3.63) is 40.1 Å². The first-order chi connectivity index (χ1) is 5.91. The van der Waals surface area contributed by atoms with Crippen molar-refractivity contribution >= 4 is 11.6 Å². The Morgan fingerprint density at radius 3 is 2.31 bits per heavy atom. The minimum atomic E-state index is -0.530. The molecule has 3 heteroatoms. The highest BCUT2D eigenvalue weighted by Crippen LogP contribution is 2.26. The van der Waals surface area contributed by atoms with Gasteiger partial charge < -0.3 is 5.11 Å². The molecule has 0 aliphatic heterocycles. The van der Waals surface area contributed by atoms with E-state index in [1.165, 1.54) is 12.1 Å². The summed E-state index contributed by atoms with van der Waals surface area (Å²) in [6, 6.07) is 5.94. The van der Waals surface area contributed by atoms with Crippen LogP contribution >= 0.6 is 11.6 Å². The molecule has 0 aromatic heterocycles. The summed E-state index contributed by atoms with van der Waals surface area (Å²) in [5.74, 6) is -0.257. The summed E-state index contributed by atoms with van der Waals surface area (Å²) < 4.78 is 0. The fourth-order valence-electron chi connectivity index (χ4n) is 0.954. The van der Waals surface area contributed by atoms with Crippen LogP contribution in [0.15, 0.2) is 29.1 Å². The fourth-order valence-corrected chi connectivity index (χ4v) is 1.08. The average molecular weight is 199 g/mol. The van der Waals surface area contributed by atoms with Gasteiger partial charge in [-0.3, -0.25) is 4.79 Å².